The van der Waals surface area contributed by atoms with E-state index in [0.29, 0.717) is 0 Å². The lowest BCUT2D eigenvalue weighted by molar-refractivity contribution is -0.572. The van der Waals surface area contributed by atoms with Gasteiger partial charge in [-0.05, 0) is 82.1 Å². The number of benzene rings is 6. The van der Waals surface area contributed by atoms with E-state index in [2.05, 4.69) is 184 Å². The van der Waals surface area contributed by atoms with Crippen molar-refractivity contribution in [1.82, 2.24) is 9.55 Å². The van der Waals surface area contributed by atoms with Gasteiger partial charge in [-0.3, -0.25) is 9.13 Å². The standard InChI is InChI=1S/C44H32BN5OSi/c1-52(2)41-25-23-33(28-40(41)48-29-47(30-13-5-3-6-14-30)38-20-11-21-42(52)43(38)48)51-32-22-24-37-39(27-32)50-44-35(18-12-26-46-44)34-17-9-10-19-36(34)45(50)49(37)31-15-7-4-8-16-31/h3-28H,1-2H3. The highest BCUT2D eigenvalue weighted by Gasteiger charge is 2.48. The Hall–Kier alpha value is -6.38. The maximum atomic E-state index is 6.81. The third-order valence-corrected chi connectivity index (χ3v) is 14.5. The van der Waals surface area contributed by atoms with E-state index < -0.39 is 8.07 Å². The minimum Gasteiger partial charge on any atom is -0.458 e. The van der Waals surface area contributed by atoms with Gasteiger partial charge in [0.05, 0.1) is 33.8 Å². The third kappa shape index (κ3) is 4.07. The molecule has 3 aliphatic heterocycles. The van der Waals surface area contributed by atoms with Crippen LogP contribution in [0.25, 0.3) is 33.5 Å². The van der Waals surface area contributed by atoms with Crippen molar-refractivity contribution in [2.24, 2.45) is 0 Å². The Kier molecular flexibility index (Phi) is 6.10. The number of anilines is 4. The van der Waals surface area contributed by atoms with Crippen LogP contribution in [0.5, 0.6) is 11.5 Å². The molecule has 0 N–H and O–H groups in total. The van der Waals surface area contributed by atoms with Gasteiger partial charge in [0, 0.05) is 23.5 Å². The highest BCUT2D eigenvalue weighted by atomic mass is 28.3. The number of ether oxygens (including phenoxy) is 1. The van der Waals surface area contributed by atoms with Crippen LogP contribution in [-0.2, 0) is 0 Å². The highest BCUT2D eigenvalue weighted by molar-refractivity contribution is 7.02. The molecule has 0 saturated heterocycles. The number of para-hydroxylation sites is 3. The van der Waals surface area contributed by atoms with Gasteiger partial charge in [-0.1, -0.05) is 98.0 Å². The minimum absolute atomic E-state index is 0.0924. The lowest BCUT2D eigenvalue weighted by atomic mass is 9.60. The fourth-order valence-electron chi connectivity index (χ4n) is 8.66. The van der Waals surface area contributed by atoms with Crippen LogP contribution in [0.1, 0.15) is 0 Å². The van der Waals surface area contributed by atoms with E-state index in [-0.39, 0.29) is 6.98 Å². The summed E-state index contributed by atoms with van der Waals surface area (Å²) in [5.74, 6) is 2.51. The normalized spacial score (nSPS) is 14.4. The monoisotopic (exact) mass is 685 g/mol. The Morgan fingerprint density at radius 1 is 0.635 bits per heavy atom. The Morgan fingerprint density at radius 3 is 2.21 bits per heavy atom. The molecule has 0 aliphatic carbocycles. The van der Waals surface area contributed by atoms with Gasteiger partial charge in [0.2, 0.25) is 0 Å². The van der Waals surface area contributed by atoms with Gasteiger partial charge in [0.1, 0.15) is 25.4 Å². The van der Waals surface area contributed by atoms with Crippen molar-refractivity contribution in [2.75, 3.05) is 9.62 Å². The van der Waals surface area contributed by atoms with Gasteiger partial charge < -0.3 is 14.4 Å². The van der Waals surface area contributed by atoms with E-state index in [9.17, 15) is 0 Å². The summed E-state index contributed by atoms with van der Waals surface area (Å²) < 4.78 is 11.2. The molecule has 8 heteroatoms. The topological polar surface area (TPSA) is 37.4 Å². The van der Waals surface area contributed by atoms with Crippen molar-refractivity contribution in [3.8, 4) is 34.0 Å². The second-order valence-corrected chi connectivity index (χ2v) is 18.6. The second-order valence-electron chi connectivity index (χ2n) is 14.2. The van der Waals surface area contributed by atoms with Crippen LogP contribution in [0, 0.1) is 6.33 Å². The summed E-state index contributed by atoms with van der Waals surface area (Å²) >= 11 is 0. The molecular formula is C44H32BN5OSi. The third-order valence-electron chi connectivity index (χ3n) is 11.0. The number of fused-ring (bicyclic) bond motifs is 10. The molecule has 8 aromatic rings. The van der Waals surface area contributed by atoms with Gasteiger partial charge in [0.15, 0.2) is 0 Å². The maximum absolute atomic E-state index is 6.81. The maximum Gasteiger partial charge on any atom is 0.422 e. The first kappa shape index (κ1) is 29.4. The van der Waals surface area contributed by atoms with E-state index >= 15 is 0 Å². The second kappa shape index (κ2) is 10.8. The molecular weight excluding hydrogens is 653 g/mol. The first-order valence-electron chi connectivity index (χ1n) is 17.8. The number of hydrogen-bond acceptors (Lipinski definition) is 4. The fraction of sp³-hybridized carbons (Fsp3) is 0.0455. The van der Waals surface area contributed by atoms with Gasteiger partial charge in [-0.15, -0.1) is 0 Å². The van der Waals surface area contributed by atoms with Crippen LogP contribution in [0.3, 0.4) is 0 Å². The first-order chi connectivity index (χ1) is 25.6. The summed E-state index contributed by atoms with van der Waals surface area (Å²) in [5.41, 5.74) is 11.5. The zero-order chi connectivity index (χ0) is 34.6. The van der Waals surface area contributed by atoms with Crippen molar-refractivity contribution in [1.29, 1.82) is 0 Å². The van der Waals surface area contributed by atoms with E-state index in [1.807, 2.05) is 12.3 Å². The number of imidazole rings is 1. The predicted octanol–water partition coefficient (Wildman–Crippen LogP) is 7.70. The fourth-order valence-corrected chi connectivity index (χ4v) is 11.6. The lowest BCUT2D eigenvalue weighted by Crippen LogP contribution is -2.57. The number of aromatic nitrogens is 3. The van der Waals surface area contributed by atoms with Crippen LogP contribution < -0.4 is 34.8 Å². The first-order valence-corrected chi connectivity index (χ1v) is 20.8. The lowest BCUT2D eigenvalue weighted by Gasteiger charge is -2.35. The van der Waals surface area contributed by atoms with Crippen LogP contribution in [0.2, 0.25) is 13.1 Å². The van der Waals surface area contributed by atoms with Crippen molar-refractivity contribution in [2.45, 2.75) is 13.1 Å². The van der Waals surface area contributed by atoms with Crippen molar-refractivity contribution < 1.29 is 9.30 Å². The largest absolute Gasteiger partial charge is 0.458 e. The molecule has 0 radical (unpaired) electrons. The zero-order valence-corrected chi connectivity index (χ0v) is 29.7. The molecule has 5 heterocycles. The summed E-state index contributed by atoms with van der Waals surface area (Å²) in [6.45, 7) is 4.80. The van der Waals surface area contributed by atoms with E-state index in [0.717, 1.165) is 56.8 Å². The average Bonchev–Trinajstić information content (AvgIpc) is 3.75. The Labute approximate surface area is 303 Å². The number of pyridine rings is 1. The van der Waals surface area contributed by atoms with Crippen LogP contribution in [-0.4, -0.2) is 24.6 Å². The average molecular weight is 686 g/mol. The van der Waals surface area contributed by atoms with Crippen LogP contribution in [0.4, 0.5) is 22.9 Å². The quantitative estimate of drug-likeness (QED) is 0.108. The predicted molar refractivity (Wildman–Crippen MR) is 213 cm³/mol. The Balaban J connectivity index is 1.04. The summed E-state index contributed by atoms with van der Waals surface area (Å²) in [7, 11) is -2.03. The molecule has 0 amide bonds. The molecule has 0 atom stereocenters. The molecule has 0 saturated carbocycles. The summed E-state index contributed by atoms with van der Waals surface area (Å²) in [6.07, 6.45) is 5.61. The van der Waals surface area contributed by atoms with Crippen LogP contribution in [0.15, 0.2) is 158 Å². The van der Waals surface area contributed by atoms with E-state index in [1.165, 1.54) is 26.9 Å². The molecule has 6 aromatic carbocycles. The smallest absolute Gasteiger partial charge is 0.422 e. The molecule has 246 valence electrons. The molecule has 0 spiro atoms. The summed E-state index contributed by atoms with van der Waals surface area (Å²) in [6, 6.07) is 53.8. The molecule has 0 bridgehead atoms. The summed E-state index contributed by atoms with van der Waals surface area (Å²) in [5, 5.41) is 2.79. The molecule has 2 aromatic heterocycles. The zero-order valence-electron chi connectivity index (χ0n) is 28.7. The molecule has 3 aliphatic rings. The summed E-state index contributed by atoms with van der Waals surface area (Å²) in [4.78, 5) is 9.78. The van der Waals surface area contributed by atoms with Gasteiger partial charge in [0.25, 0.3) is 6.33 Å². The van der Waals surface area contributed by atoms with E-state index in [4.69, 9.17) is 9.72 Å². The van der Waals surface area contributed by atoms with E-state index in [1.54, 1.807) is 0 Å². The van der Waals surface area contributed by atoms with Gasteiger partial charge in [-0.25, -0.2) is 4.98 Å². The molecule has 0 fully saturated rings. The molecule has 0 unspecified atom stereocenters. The molecule has 52 heavy (non-hydrogen) atoms. The van der Waals surface area contributed by atoms with Crippen molar-refractivity contribution in [3.05, 3.63) is 164 Å². The Morgan fingerprint density at radius 2 is 1.37 bits per heavy atom. The van der Waals surface area contributed by atoms with Gasteiger partial charge in [-0.2, -0.15) is 0 Å². The number of hydrogen-bond donors (Lipinski definition) is 0. The minimum atomic E-state index is -2.03. The SMILES string of the molecule is C[Si]1(C)c2ccc(Oc3ccc4c(c3)N3B(c5ccccc5-c5cccnc53)N4c3ccccc3)cc2-n2[c-][n+](-c3ccccc3)c3cccc1c32. The molecule has 11 rings (SSSR count). The Bertz CT molecular complexity index is 2730. The van der Waals surface area contributed by atoms with Crippen molar-refractivity contribution >= 4 is 64.8 Å². The number of nitrogens with zero attached hydrogens (tertiary/aromatic N) is 5. The van der Waals surface area contributed by atoms with Crippen LogP contribution >= 0.6 is 0 Å². The highest BCUT2D eigenvalue weighted by Crippen LogP contribution is 2.51. The number of rotatable bonds is 4. The molecule has 6 nitrogen and oxygen atoms in total. The van der Waals surface area contributed by atoms with Gasteiger partial charge >= 0.3 is 6.98 Å². The van der Waals surface area contributed by atoms with Crippen molar-refractivity contribution in [3.63, 3.8) is 0 Å².